The first-order valence-electron chi connectivity index (χ1n) is 4.81. The Morgan fingerprint density at radius 2 is 2.08 bits per heavy atom. The fraction of sp³-hybridized carbons (Fsp3) is 0.800. The zero-order chi connectivity index (χ0) is 9.94. The van der Waals surface area contributed by atoms with E-state index in [1.54, 1.807) is 0 Å². The van der Waals surface area contributed by atoms with Gasteiger partial charge in [0.05, 0.1) is 13.2 Å². The number of ether oxygens (including phenoxy) is 1. The van der Waals surface area contributed by atoms with Crippen molar-refractivity contribution >= 4 is 0 Å². The van der Waals surface area contributed by atoms with Crippen molar-refractivity contribution in [1.29, 1.82) is 0 Å². The van der Waals surface area contributed by atoms with Gasteiger partial charge in [-0.15, -0.1) is 0 Å². The highest BCUT2D eigenvalue weighted by Gasteiger charge is 1.89. The quantitative estimate of drug-likeness (QED) is 0.447. The number of hydrogen-bond donors (Lipinski definition) is 1. The molecule has 0 aromatic carbocycles. The largest absolute Gasteiger partial charge is 0.379 e. The minimum atomic E-state index is 0.797. The predicted molar refractivity (Wildman–Crippen MR) is 57.1 cm³/mol. The van der Waals surface area contributed by atoms with Crippen LogP contribution in [-0.2, 0) is 4.74 Å². The first-order chi connectivity index (χ1) is 6.27. The molecule has 3 nitrogen and oxygen atoms in total. The average Bonchev–Trinajstić information content (AvgIpc) is 2.09. The van der Waals surface area contributed by atoms with Crippen LogP contribution in [0, 0.1) is 0 Å². The predicted octanol–water partition coefficient (Wildman–Crippen LogP) is 0.730. The first-order valence-corrected chi connectivity index (χ1v) is 4.81. The van der Waals surface area contributed by atoms with Crippen LogP contribution in [0.15, 0.2) is 12.2 Å². The topological polar surface area (TPSA) is 24.5 Å². The van der Waals surface area contributed by atoms with Gasteiger partial charge < -0.3 is 15.0 Å². The van der Waals surface area contributed by atoms with E-state index in [0.717, 1.165) is 32.8 Å². The normalized spacial score (nSPS) is 11.7. The third kappa shape index (κ3) is 11.6. The molecule has 0 aromatic rings. The second-order valence-corrected chi connectivity index (χ2v) is 3.19. The SMILES string of the molecule is C/C=C/CNCCOCCN(C)C. The molecule has 0 aliphatic rings. The lowest BCUT2D eigenvalue weighted by atomic mass is 10.5. The van der Waals surface area contributed by atoms with E-state index in [1.165, 1.54) is 0 Å². The number of nitrogens with one attached hydrogen (secondary N) is 1. The molecule has 0 unspecified atom stereocenters. The van der Waals surface area contributed by atoms with E-state index in [1.807, 2.05) is 27.1 Å². The summed E-state index contributed by atoms with van der Waals surface area (Å²) in [5, 5.41) is 3.25. The van der Waals surface area contributed by atoms with Gasteiger partial charge in [-0.2, -0.15) is 0 Å². The molecule has 0 spiro atoms. The smallest absolute Gasteiger partial charge is 0.0593 e. The minimum Gasteiger partial charge on any atom is -0.379 e. The summed E-state index contributed by atoms with van der Waals surface area (Å²) in [7, 11) is 4.10. The van der Waals surface area contributed by atoms with Gasteiger partial charge in [-0.25, -0.2) is 0 Å². The van der Waals surface area contributed by atoms with Gasteiger partial charge in [-0.1, -0.05) is 12.2 Å². The molecule has 78 valence electrons. The van der Waals surface area contributed by atoms with Crippen LogP contribution in [-0.4, -0.2) is 51.8 Å². The summed E-state index contributed by atoms with van der Waals surface area (Å²) in [5.74, 6) is 0. The minimum absolute atomic E-state index is 0.797. The molecule has 13 heavy (non-hydrogen) atoms. The van der Waals surface area contributed by atoms with Crippen LogP contribution in [0.4, 0.5) is 0 Å². The Morgan fingerprint density at radius 1 is 1.31 bits per heavy atom. The molecule has 3 heteroatoms. The molecule has 0 radical (unpaired) electrons. The maximum absolute atomic E-state index is 5.40. The summed E-state index contributed by atoms with van der Waals surface area (Å²) in [5.41, 5.74) is 0. The Bertz CT molecular complexity index is 124. The maximum atomic E-state index is 5.40. The summed E-state index contributed by atoms with van der Waals surface area (Å²) in [6, 6.07) is 0. The van der Waals surface area contributed by atoms with Crippen LogP contribution in [0.1, 0.15) is 6.92 Å². The average molecular weight is 186 g/mol. The van der Waals surface area contributed by atoms with E-state index in [-0.39, 0.29) is 0 Å². The van der Waals surface area contributed by atoms with Crippen molar-refractivity contribution in [3.05, 3.63) is 12.2 Å². The summed E-state index contributed by atoms with van der Waals surface area (Å²) in [6.07, 6.45) is 4.14. The van der Waals surface area contributed by atoms with Crippen molar-refractivity contribution in [3.63, 3.8) is 0 Å². The molecule has 0 aliphatic heterocycles. The number of nitrogens with zero attached hydrogens (tertiary/aromatic N) is 1. The molecule has 0 rings (SSSR count). The van der Waals surface area contributed by atoms with Gasteiger partial charge in [0.25, 0.3) is 0 Å². The van der Waals surface area contributed by atoms with E-state index in [2.05, 4.69) is 16.3 Å². The Labute approximate surface area is 81.8 Å². The van der Waals surface area contributed by atoms with Crippen LogP contribution in [0.25, 0.3) is 0 Å². The molecule has 0 heterocycles. The van der Waals surface area contributed by atoms with Crippen molar-refractivity contribution < 1.29 is 4.74 Å². The Morgan fingerprint density at radius 3 is 2.69 bits per heavy atom. The molecule has 1 N–H and O–H groups in total. The van der Waals surface area contributed by atoms with Gasteiger partial charge in [0, 0.05) is 19.6 Å². The number of hydrogen-bond acceptors (Lipinski definition) is 3. The molecule has 0 saturated carbocycles. The van der Waals surface area contributed by atoms with E-state index < -0.39 is 0 Å². The van der Waals surface area contributed by atoms with Gasteiger partial charge in [0.2, 0.25) is 0 Å². The second-order valence-electron chi connectivity index (χ2n) is 3.19. The van der Waals surface area contributed by atoms with Gasteiger partial charge in [0.1, 0.15) is 0 Å². The van der Waals surface area contributed by atoms with Crippen molar-refractivity contribution in [2.45, 2.75) is 6.92 Å². The van der Waals surface area contributed by atoms with Crippen molar-refractivity contribution in [1.82, 2.24) is 10.2 Å². The van der Waals surface area contributed by atoms with Gasteiger partial charge in [-0.05, 0) is 21.0 Å². The third-order valence-corrected chi connectivity index (χ3v) is 1.60. The van der Waals surface area contributed by atoms with Crippen LogP contribution in [0.2, 0.25) is 0 Å². The van der Waals surface area contributed by atoms with Gasteiger partial charge in [0.15, 0.2) is 0 Å². The van der Waals surface area contributed by atoms with Crippen molar-refractivity contribution in [3.8, 4) is 0 Å². The highest BCUT2D eigenvalue weighted by atomic mass is 16.5. The monoisotopic (exact) mass is 186 g/mol. The molecule has 0 bridgehead atoms. The Balaban J connectivity index is 2.91. The van der Waals surface area contributed by atoms with Crippen LogP contribution >= 0.6 is 0 Å². The molecule has 0 aliphatic carbocycles. The highest BCUT2D eigenvalue weighted by Crippen LogP contribution is 1.77. The van der Waals surface area contributed by atoms with Gasteiger partial charge in [-0.3, -0.25) is 0 Å². The lowest BCUT2D eigenvalue weighted by Crippen LogP contribution is -2.23. The van der Waals surface area contributed by atoms with Crippen molar-refractivity contribution in [2.24, 2.45) is 0 Å². The van der Waals surface area contributed by atoms with Crippen molar-refractivity contribution in [2.75, 3.05) is 46.9 Å². The molecule has 0 atom stereocenters. The lowest BCUT2D eigenvalue weighted by Gasteiger charge is -2.09. The van der Waals surface area contributed by atoms with Crippen LogP contribution in [0.3, 0.4) is 0 Å². The zero-order valence-electron chi connectivity index (χ0n) is 9.05. The molecule has 0 fully saturated rings. The van der Waals surface area contributed by atoms with E-state index in [0.29, 0.717) is 0 Å². The number of allylic oxidation sites excluding steroid dienone is 1. The number of rotatable bonds is 8. The maximum Gasteiger partial charge on any atom is 0.0593 e. The highest BCUT2D eigenvalue weighted by molar-refractivity contribution is 4.78. The zero-order valence-corrected chi connectivity index (χ0v) is 9.05. The third-order valence-electron chi connectivity index (χ3n) is 1.60. The van der Waals surface area contributed by atoms with E-state index in [4.69, 9.17) is 4.74 Å². The van der Waals surface area contributed by atoms with Crippen LogP contribution < -0.4 is 5.32 Å². The van der Waals surface area contributed by atoms with Crippen LogP contribution in [0.5, 0.6) is 0 Å². The second kappa shape index (κ2) is 9.71. The standard InChI is InChI=1S/C10H22N2O/c1-4-5-6-11-7-9-13-10-8-12(2)3/h4-5,11H,6-10H2,1-3H3/b5-4+. The molecule has 0 amide bonds. The summed E-state index contributed by atoms with van der Waals surface area (Å²) >= 11 is 0. The first kappa shape index (κ1) is 12.6. The molecular weight excluding hydrogens is 164 g/mol. The summed E-state index contributed by atoms with van der Waals surface area (Å²) in [4.78, 5) is 2.12. The Kier molecular flexibility index (Phi) is 9.42. The van der Waals surface area contributed by atoms with Gasteiger partial charge >= 0.3 is 0 Å². The summed E-state index contributed by atoms with van der Waals surface area (Å²) in [6.45, 7) is 6.50. The number of likely N-dealkylation sites (N-methyl/N-ethyl adjacent to an activating group) is 1. The molecular formula is C10H22N2O. The molecule has 0 aromatic heterocycles. The van der Waals surface area contributed by atoms with E-state index >= 15 is 0 Å². The van der Waals surface area contributed by atoms with E-state index in [9.17, 15) is 0 Å². The molecule has 0 saturated heterocycles. The fourth-order valence-corrected chi connectivity index (χ4v) is 0.797. The summed E-state index contributed by atoms with van der Waals surface area (Å²) < 4.78 is 5.40. The fourth-order valence-electron chi connectivity index (χ4n) is 0.797. The lowest BCUT2D eigenvalue weighted by molar-refractivity contribution is 0.120. The Hall–Kier alpha value is -0.380.